The molecule has 0 radical (unpaired) electrons. The molecule has 1 fully saturated rings. The van der Waals surface area contributed by atoms with Gasteiger partial charge in [-0.05, 0) is 46.5 Å². The molecule has 0 aromatic carbocycles. The summed E-state index contributed by atoms with van der Waals surface area (Å²) in [6, 6.07) is 0. The highest BCUT2D eigenvalue weighted by molar-refractivity contribution is 7.30. The highest BCUT2D eigenvalue weighted by Crippen LogP contribution is 2.62. The van der Waals surface area contributed by atoms with Crippen molar-refractivity contribution in [3.63, 3.8) is 0 Å². The molecular weight excluding hydrogens is 825 g/mol. The van der Waals surface area contributed by atoms with Gasteiger partial charge in [0.1, 0.15) is 0 Å². The second-order valence-electron chi connectivity index (χ2n) is 12.4. The Balaban J connectivity index is 0.00000615. The van der Waals surface area contributed by atoms with Gasteiger partial charge in [0.2, 0.25) is 0 Å². The lowest BCUT2D eigenvalue weighted by Crippen LogP contribution is -2.73. The van der Waals surface area contributed by atoms with Crippen LogP contribution in [0.5, 0.6) is 0 Å². The Morgan fingerprint density at radius 1 is 0.577 bits per heavy atom. The summed E-state index contributed by atoms with van der Waals surface area (Å²) in [5.74, 6) is -78.1. The highest BCUT2D eigenvalue weighted by Gasteiger charge is 2.89. The number of hydrogen-bond acceptors (Lipinski definition) is 2. The fourth-order valence-corrected chi connectivity index (χ4v) is 5.07. The molecule has 2 N–H and O–H groups in total. The highest BCUT2D eigenvalue weighted by atomic mass is 31.1. The maximum absolute atomic E-state index is 14.8. The average molecular weight is 850 g/mol. The largest absolute Gasteiger partial charge is 0.692 e. The molecule has 1 atom stereocenters. The van der Waals surface area contributed by atoms with Crippen LogP contribution < -0.4 is 0 Å². The molecule has 29 heteroatoms. The molecule has 4 nitrogen and oxygen atoms in total. The predicted molar refractivity (Wildman–Crippen MR) is 126 cm³/mol. The normalized spacial score (nSPS) is 20.6. The third-order valence-electron chi connectivity index (χ3n) is 8.27. The van der Waals surface area contributed by atoms with Gasteiger partial charge < -0.3 is 0 Å². The molecule has 0 amide bonds. The summed E-state index contributed by atoms with van der Waals surface area (Å²) in [4.78, 5) is 14.0. The number of piperidine rings is 1. The molecule has 0 aromatic rings. The average Bonchev–Trinajstić information content (AvgIpc) is 2.91. The second kappa shape index (κ2) is 14.4. The molecule has 1 saturated heterocycles. The van der Waals surface area contributed by atoms with Crippen LogP contribution in [0.4, 0.5) is 105 Å². The zero-order chi connectivity index (χ0) is 42.7. The van der Waals surface area contributed by atoms with Crippen LogP contribution in [0.3, 0.4) is 0 Å². The van der Waals surface area contributed by atoms with Gasteiger partial charge in [-0.2, -0.15) is 87.8 Å². The summed E-state index contributed by atoms with van der Waals surface area (Å²) < 4.78 is 337. The first-order valence-electron chi connectivity index (χ1n) is 13.2. The summed E-state index contributed by atoms with van der Waals surface area (Å²) in [6.45, 7) is -1.01. The Bertz CT molecular complexity index is 1250. The van der Waals surface area contributed by atoms with Crippen LogP contribution in [0.25, 0.3) is 0 Å². The Hall–Kier alpha value is -1.70. The van der Waals surface area contributed by atoms with Crippen molar-refractivity contribution in [3.05, 3.63) is 0 Å². The first kappa shape index (κ1) is 50.3. The van der Waals surface area contributed by atoms with Crippen LogP contribution in [0.2, 0.25) is 0 Å². The quantitative estimate of drug-likeness (QED) is 0.135. The van der Waals surface area contributed by atoms with Crippen LogP contribution in [0.1, 0.15) is 47.0 Å². The number of hydrogen-bond donors (Lipinski definition) is 2. The zero-order valence-corrected chi connectivity index (χ0v) is 26.7. The Morgan fingerprint density at radius 3 is 1.15 bits per heavy atom. The van der Waals surface area contributed by atoms with Crippen LogP contribution in [-0.4, -0.2) is 104 Å². The predicted octanol–water partition coefficient (Wildman–Crippen LogP) is 10.2. The standard InChI is InChI=1S/C23H23F24N.HO3P/c1-12(2)6-5-9(7-14(28,29)18(36,37)22(44,45)20(40,41)16(32,33)10(24)25)13(3,4)48(12)8-15(30,31)19(38,39)23(46,47)21(42,43)17(34,35)11(26)27;1-4(2)3/h9-11H,5-8H2,1-4H3;(H-,1,2,3)/p+1. The summed E-state index contributed by atoms with van der Waals surface area (Å²) in [7, 11) is -2.87. The van der Waals surface area contributed by atoms with Crippen LogP contribution >= 0.6 is 8.25 Å². The summed E-state index contributed by atoms with van der Waals surface area (Å²) in [5, 5.41) is 0. The van der Waals surface area contributed by atoms with Gasteiger partial charge in [-0.15, -0.1) is 9.79 Å². The van der Waals surface area contributed by atoms with E-state index in [1.807, 2.05) is 0 Å². The molecule has 1 rings (SSSR count). The summed E-state index contributed by atoms with van der Waals surface area (Å²) >= 11 is 0. The second-order valence-corrected chi connectivity index (χ2v) is 13.0. The van der Waals surface area contributed by atoms with E-state index in [-0.39, 0.29) is 4.90 Å². The van der Waals surface area contributed by atoms with Crippen molar-refractivity contribution in [2.24, 2.45) is 5.92 Å². The van der Waals surface area contributed by atoms with Crippen LogP contribution in [-0.2, 0) is 4.57 Å². The first-order chi connectivity index (χ1) is 22.3. The van der Waals surface area contributed by atoms with E-state index in [0.717, 1.165) is 0 Å². The SMILES string of the molecule is CC1(C)CCC(CC(F)(F)C(F)(F)C(F)(F)C(F)(F)C(F)(F)C(F)F)C(C)(C)N1CC(F)(F)C(F)(F)C(F)(F)C(F)(F)C(F)(F)C(F)F.O=[P+](O)O. The molecule has 1 aliphatic rings. The van der Waals surface area contributed by atoms with E-state index in [1.165, 1.54) is 0 Å². The maximum Gasteiger partial charge on any atom is 0.692 e. The monoisotopic (exact) mass is 850 g/mol. The minimum atomic E-state index is -8.03. The molecule has 0 aliphatic carbocycles. The van der Waals surface area contributed by atoms with E-state index in [1.54, 1.807) is 0 Å². The van der Waals surface area contributed by atoms with E-state index in [9.17, 15) is 105 Å². The van der Waals surface area contributed by atoms with Crippen molar-refractivity contribution < 1.29 is 120 Å². The summed E-state index contributed by atoms with van der Waals surface area (Å²) in [6.07, 6.45) is -16.7. The molecule has 1 heterocycles. The smallest absolute Gasteiger partial charge is 0.287 e. The Morgan fingerprint density at radius 2 is 0.865 bits per heavy atom. The molecule has 0 bridgehead atoms. The lowest BCUT2D eigenvalue weighted by Gasteiger charge is -2.58. The molecular formula is C23H25F24NO3P+. The van der Waals surface area contributed by atoms with Gasteiger partial charge in [0, 0.05) is 22.1 Å². The maximum atomic E-state index is 14.8. The van der Waals surface area contributed by atoms with Gasteiger partial charge in [0.25, 0.3) is 0 Å². The number of rotatable bonds is 14. The minimum Gasteiger partial charge on any atom is -0.287 e. The number of nitrogens with zero attached hydrogens (tertiary/aromatic N) is 1. The first-order valence-corrected chi connectivity index (χ1v) is 14.4. The van der Waals surface area contributed by atoms with Crippen molar-refractivity contribution in [1.29, 1.82) is 0 Å². The number of halogens is 24. The lowest BCUT2D eigenvalue weighted by molar-refractivity contribution is -0.416. The number of alkyl halides is 24. The van der Waals surface area contributed by atoms with E-state index < -0.39 is 123 Å². The summed E-state index contributed by atoms with van der Waals surface area (Å²) in [5.41, 5.74) is -5.17. The third-order valence-corrected chi connectivity index (χ3v) is 8.27. The molecule has 1 unspecified atom stereocenters. The molecule has 0 saturated carbocycles. The van der Waals surface area contributed by atoms with Crippen molar-refractivity contribution in [3.8, 4) is 0 Å². The Labute approximate surface area is 276 Å². The number of likely N-dealkylation sites (tertiary alicyclic amines) is 1. The van der Waals surface area contributed by atoms with Crippen molar-refractivity contribution in [2.75, 3.05) is 6.54 Å². The van der Waals surface area contributed by atoms with Gasteiger partial charge in [-0.1, -0.05) is 0 Å². The third kappa shape index (κ3) is 7.99. The van der Waals surface area contributed by atoms with E-state index >= 15 is 0 Å². The zero-order valence-electron chi connectivity index (χ0n) is 25.8. The van der Waals surface area contributed by atoms with E-state index in [4.69, 9.17) is 14.4 Å². The molecule has 1 aliphatic heterocycles. The van der Waals surface area contributed by atoms with Gasteiger partial charge in [-0.3, -0.25) is 4.90 Å². The fourth-order valence-electron chi connectivity index (χ4n) is 5.07. The van der Waals surface area contributed by atoms with Crippen molar-refractivity contribution in [2.45, 2.75) is 130 Å². The van der Waals surface area contributed by atoms with Gasteiger partial charge >= 0.3 is 80.3 Å². The Kier molecular flexibility index (Phi) is 14.0. The van der Waals surface area contributed by atoms with Crippen LogP contribution in [0.15, 0.2) is 0 Å². The van der Waals surface area contributed by atoms with Crippen LogP contribution in [0, 0.1) is 5.92 Å². The fraction of sp³-hybridized carbons (Fsp3) is 1.00. The van der Waals surface area contributed by atoms with Crippen molar-refractivity contribution >= 4 is 8.25 Å². The topological polar surface area (TPSA) is 60.8 Å². The molecule has 0 aromatic heterocycles. The van der Waals surface area contributed by atoms with Gasteiger partial charge in [0.15, 0.2) is 0 Å². The van der Waals surface area contributed by atoms with Gasteiger partial charge in [0.05, 0.1) is 6.54 Å². The lowest BCUT2D eigenvalue weighted by atomic mass is 9.69. The van der Waals surface area contributed by atoms with Gasteiger partial charge in [-0.25, -0.2) is 17.6 Å². The van der Waals surface area contributed by atoms with E-state index in [0.29, 0.717) is 27.7 Å². The van der Waals surface area contributed by atoms with Crippen molar-refractivity contribution in [1.82, 2.24) is 4.90 Å². The molecule has 0 spiro atoms. The molecule has 52 heavy (non-hydrogen) atoms. The minimum absolute atomic E-state index is 0.284. The molecule has 312 valence electrons. The van der Waals surface area contributed by atoms with E-state index in [2.05, 4.69) is 0 Å².